The Balaban J connectivity index is 0.860. The molecule has 0 radical (unpaired) electrons. The van der Waals surface area contributed by atoms with Crippen LogP contribution in [0.15, 0.2) is 11.6 Å². The molecule has 1 spiro atoms. The third-order valence-electron chi connectivity index (χ3n) is 15.8. The van der Waals surface area contributed by atoms with Crippen molar-refractivity contribution in [2.75, 3.05) is 32.8 Å². The second kappa shape index (κ2) is 12.4. The predicted octanol–water partition coefficient (Wildman–Crippen LogP) is 6.70. The summed E-state index contributed by atoms with van der Waals surface area (Å²) in [6.45, 7) is 14.8. The summed E-state index contributed by atoms with van der Waals surface area (Å²) in [5, 5.41) is 3.31. The van der Waals surface area contributed by atoms with E-state index in [0.29, 0.717) is 35.3 Å². The fraction of sp³-hybridized carbons (Fsp3) is 0.900. The zero-order valence-corrected chi connectivity index (χ0v) is 29.9. The normalized spacial score (nSPS) is 47.1. The van der Waals surface area contributed by atoms with Crippen molar-refractivity contribution >= 4 is 11.8 Å². The van der Waals surface area contributed by atoms with Gasteiger partial charge in [-0.05, 0) is 131 Å². The van der Waals surface area contributed by atoms with Crippen molar-refractivity contribution in [3.63, 3.8) is 0 Å². The first-order valence-electron chi connectivity index (χ1n) is 19.9. The highest BCUT2D eigenvalue weighted by molar-refractivity contribution is 5.97. The highest BCUT2D eigenvalue weighted by atomic mass is 16.7. The Hall–Kier alpha value is -1.44. The zero-order valence-electron chi connectivity index (χ0n) is 29.9. The molecule has 7 heteroatoms. The molecule has 1 N–H and O–H groups in total. The lowest BCUT2D eigenvalue weighted by molar-refractivity contribution is -0.272. The number of carbonyl (C=O) groups is 2. The van der Waals surface area contributed by atoms with Crippen LogP contribution in [0, 0.1) is 46.3 Å². The maximum absolute atomic E-state index is 13.1. The second-order valence-corrected chi connectivity index (χ2v) is 18.2. The largest absolute Gasteiger partial charge is 0.353 e. The summed E-state index contributed by atoms with van der Waals surface area (Å²) in [6.07, 6.45) is 19.4. The number of piperidine rings is 2. The Bertz CT molecular complexity index is 1230. The Morgan fingerprint density at radius 1 is 0.936 bits per heavy atom. The maximum atomic E-state index is 13.1. The van der Waals surface area contributed by atoms with Crippen molar-refractivity contribution in [1.82, 2.24) is 15.1 Å². The number of likely N-dealkylation sites (tertiary alicyclic amines) is 2. The molecule has 8 aliphatic rings. The lowest BCUT2D eigenvalue weighted by atomic mass is 9.46. The topological polar surface area (TPSA) is 71.1 Å². The van der Waals surface area contributed by atoms with E-state index in [4.69, 9.17) is 9.47 Å². The van der Waals surface area contributed by atoms with Gasteiger partial charge in [-0.25, -0.2) is 0 Å². The molecule has 2 amide bonds. The van der Waals surface area contributed by atoms with Crippen LogP contribution >= 0.6 is 0 Å². The van der Waals surface area contributed by atoms with E-state index in [1.807, 2.05) is 4.90 Å². The molecule has 0 aromatic rings. The first-order valence-corrected chi connectivity index (χ1v) is 19.9. The number of carbonyl (C=O) groups excluding carboxylic acids is 2. The van der Waals surface area contributed by atoms with E-state index in [-0.39, 0.29) is 35.5 Å². The summed E-state index contributed by atoms with van der Waals surface area (Å²) in [5.41, 5.74) is 2.15. The van der Waals surface area contributed by atoms with Crippen LogP contribution in [0.5, 0.6) is 0 Å². The maximum Gasteiger partial charge on any atom is 0.232 e. The van der Waals surface area contributed by atoms with E-state index in [1.54, 1.807) is 5.57 Å². The van der Waals surface area contributed by atoms with Crippen molar-refractivity contribution in [2.45, 2.75) is 148 Å². The molecule has 8 rings (SSSR count). The molecule has 0 aromatic heterocycles. The molecule has 4 aliphatic heterocycles. The number of hydrogen-bond acceptors (Lipinski definition) is 5. The molecule has 47 heavy (non-hydrogen) atoms. The van der Waals surface area contributed by atoms with Gasteiger partial charge in [-0.1, -0.05) is 45.8 Å². The minimum atomic E-state index is -0.338. The number of amides is 2. The smallest absolute Gasteiger partial charge is 0.232 e. The number of fused-ring (bicyclic) bond motifs is 7. The van der Waals surface area contributed by atoms with Gasteiger partial charge in [0.2, 0.25) is 11.8 Å². The predicted molar refractivity (Wildman–Crippen MR) is 183 cm³/mol. The lowest BCUT2D eigenvalue weighted by Gasteiger charge is -2.58. The highest BCUT2D eigenvalue weighted by Crippen LogP contribution is 2.70. The van der Waals surface area contributed by atoms with Crippen LogP contribution in [0.4, 0.5) is 0 Å². The van der Waals surface area contributed by atoms with Crippen LogP contribution in [0.25, 0.3) is 0 Å². The van der Waals surface area contributed by atoms with Crippen molar-refractivity contribution in [1.29, 1.82) is 0 Å². The van der Waals surface area contributed by atoms with Crippen molar-refractivity contribution in [2.24, 2.45) is 46.3 Å². The number of hydrogen-bond donors (Lipinski definition) is 1. The summed E-state index contributed by atoms with van der Waals surface area (Å²) in [5.74, 6) is 3.49. The SMILES string of the molecule is C[C@@H]1CC[C@@]2(OC1)O[C@H]1C[C@H]3[C@@H]4CC=C5CC(NC(=O)CC(=O)N6CCC(N7CCCCC7)CC6)CC[C@]5(C)[C@H]4CC[C@]3(C)[C@H]1[C@@H]2C. The van der Waals surface area contributed by atoms with Gasteiger partial charge >= 0.3 is 0 Å². The van der Waals surface area contributed by atoms with Gasteiger partial charge in [0, 0.05) is 37.5 Å². The van der Waals surface area contributed by atoms with Gasteiger partial charge in [0.15, 0.2) is 5.79 Å². The summed E-state index contributed by atoms with van der Waals surface area (Å²) in [6, 6.07) is 0.767. The Morgan fingerprint density at radius 2 is 1.72 bits per heavy atom. The third-order valence-corrected chi connectivity index (χ3v) is 15.8. The first-order chi connectivity index (χ1) is 22.6. The van der Waals surface area contributed by atoms with Crippen LogP contribution in [0.2, 0.25) is 0 Å². The molecular formula is C40H63N3O4. The number of ether oxygens (including phenoxy) is 2. The van der Waals surface area contributed by atoms with Gasteiger partial charge < -0.3 is 24.6 Å². The van der Waals surface area contributed by atoms with Crippen LogP contribution in [-0.2, 0) is 19.1 Å². The Labute approximate surface area is 284 Å². The number of nitrogens with one attached hydrogen (secondary N) is 1. The Kier molecular flexibility index (Phi) is 8.64. The van der Waals surface area contributed by atoms with E-state index in [0.717, 1.165) is 76.0 Å². The minimum Gasteiger partial charge on any atom is -0.353 e. The van der Waals surface area contributed by atoms with Gasteiger partial charge in [0.25, 0.3) is 0 Å². The first kappa shape index (κ1) is 32.7. The van der Waals surface area contributed by atoms with Gasteiger partial charge in [0.05, 0.1) is 12.7 Å². The van der Waals surface area contributed by atoms with Crippen LogP contribution in [-0.4, -0.2) is 78.4 Å². The average Bonchev–Trinajstić information content (AvgIpc) is 3.52. The van der Waals surface area contributed by atoms with Gasteiger partial charge in [-0.2, -0.15) is 0 Å². The monoisotopic (exact) mass is 649 g/mol. The molecular weight excluding hydrogens is 586 g/mol. The lowest BCUT2D eigenvalue weighted by Crippen LogP contribution is -2.53. The zero-order chi connectivity index (χ0) is 32.6. The minimum absolute atomic E-state index is 0.000334. The fourth-order valence-electron chi connectivity index (χ4n) is 13.1. The number of nitrogens with zero attached hydrogens (tertiary/aromatic N) is 2. The molecule has 262 valence electrons. The molecule has 0 aromatic carbocycles. The van der Waals surface area contributed by atoms with E-state index in [2.05, 4.69) is 44.0 Å². The van der Waals surface area contributed by atoms with E-state index in [1.165, 1.54) is 64.5 Å². The summed E-state index contributed by atoms with van der Waals surface area (Å²) < 4.78 is 13.5. The van der Waals surface area contributed by atoms with E-state index >= 15 is 0 Å². The second-order valence-electron chi connectivity index (χ2n) is 18.2. The summed E-state index contributed by atoms with van der Waals surface area (Å²) in [4.78, 5) is 30.8. The van der Waals surface area contributed by atoms with Gasteiger partial charge in [-0.15, -0.1) is 0 Å². The molecule has 7 nitrogen and oxygen atoms in total. The highest BCUT2D eigenvalue weighted by Gasteiger charge is 2.68. The molecule has 11 atom stereocenters. The summed E-state index contributed by atoms with van der Waals surface area (Å²) in [7, 11) is 0. The number of allylic oxidation sites excluding steroid dienone is 1. The third kappa shape index (κ3) is 5.55. The van der Waals surface area contributed by atoms with Crippen LogP contribution < -0.4 is 5.32 Å². The van der Waals surface area contributed by atoms with Crippen LogP contribution in [0.1, 0.15) is 124 Å². The molecule has 4 aliphatic carbocycles. The van der Waals surface area contributed by atoms with Crippen molar-refractivity contribution < 1.29 is 19.1 Å². The van der Waals surface area contributed by atoms with E-state index in [9.17, 15) is 9.59 Å². The molecule has 3 saturated carbocycles. The molecule has 4 heterocycles. The fourth-order valence-corrected chi connectivity index (χ4v) is 13.1. The number of rotatable bonds is 4. The summed E-state index contributed by atoms with van der Waals surface area (Å²) >= 11 is 0. The van der Waals surface area contributed by atoms with Crippen molar-refractivity contribution in [3.8, 4) is 0 Å². The van der Waals surface area contributed by atoms with Crippen LogP contribution in [0.3, 0.4) is 0 Å². The molecule has 4 saturated heterocycles. The standard InChI is InChI=1S/C40H63N3O4/c1-26-10-17-40(46-25-26)27(2)37-34(47-40)23-33-31-9-8-28-22-29(11-15-38(28,3)32(31)12-16-39(33,37)4)41-35(44)24-36(45)43-20-13-30(14-21-43)42-18-6-5-7-19-42/h8,26-27,29-34,37H,5-7,9-25H2,1-4H3,(H,41,44)/t26-,27+,29?,31-,32+,33+,34+,37+,38+,39+,40-/m1/s1. The van der Waals surface area contributed by atoms with Gasteiger partial charge in [0.1, 0.15) is 6.42 Å². The average molecular weight is 650 g/mol. The molecule has 7 fully saturated rings. The van der Waals surface area contributed by atoms with E-state index < -0.39 is 0 Å². The van der Waals surface area contributed by atoms with Gasteiger partial charge in [-0.3, -0.25) is 9.59 Å². The van der Waals surface area contributed by atoms with Crippen molar-refractivity contribution in [3.05, 3.63) is 11.6 Å². The quantitative estimate of drug-likeness (QED) is 0.271. The Morgan fingerprint density at radius 3 is 2.47 bits per heavy atom. The molecule has 1 unspecified atom stereocenters. The molecule has 0 bridgehead atoms.